The Kier molecular flexibility index (Phi) is 6.97. The molecule has 1 unspecified atom stereocenters. The molecule has 0 aromatic heterocycles. The number of halogens is 1. The summed E-state index contributed by atoms with van der Waals surface area (Å²) in [4.78, 5) is 29.9. The van der Waals surface area contributed by atoms with Gasteiger partial charge in [-0.25, -0.2) is 9.59 Å². The van der Waals surface area contributed by atoms with Gasteiger partial charge >= 0.3 is 12.0 Å². The second-order valence-electron chi connectivity index (χ2n) is 7.80. The maximum absolute atomic E-state index is 12.9. The number of anilines is 1. The van der Waals surface area contributed by atoms with Crippen LogP contribution >= 0.6 is 11.6 Å². The van der Waals surface area contributed by atoms with Crippen LogP contribution in [0.5, 0.6) is 0 Å². The molecule has 0 radical (unpaired) electrons. The highest BCUT2D eigenvalue weighted by molar-refractivity contribution is 6.30. The van der Waals surface area contributed by atoms with E-state index in [0.29, 0.717) is 17.8 Å². The number of urea groups is 1. The molecule has 2 heterocycles. The molecule has 2 aliphatic heterocycles. The van der Waals surface area contributed by atoms with Crippen molar-refractivity contribution in [2.75, 3.05) is 44.2 Å². The number of carbonyl (C=O) groups is 2. The van der Waals surface area contributed by atoms with E-state index in [1.165, 1.54) is 0 Å². The first-order chi connectivity index (χ1) is 15.5. The molecule has 1 atom stereocenters. The van der Waals surface area contributed by atoms with Crippen LogP contribution in [0.4, 0.5) is 10.5 Å². The van der Waals surface area contributed by atoms with Crippen molar-refractivity contribution < 1.29 is 14.3 Å². The van der Waals surface area contributed by atoms with E-state index in [2.05, 4.69) is 26.5 Å². The van der Waals surface area contributed by atoms with Gasteiger partial charge in [0.1, 0.15) is 0 Å². The van der Waals surface area contributed by atoms with Crippen molar-refractivity contribution in [3.63, 3.8) is 0 Å². The van der Waals surface area contributed by atoms with Crippen molar-refractivity contribution in [1.82, 2.24) is 15.5 Å². The van der Waals surface area contributed by atoms with Gasteiger partial charge < -0.3 is 20.3 Å². The quantitative estimate of drug-likeness (QED) is 0.655. The van der Waals surface area contributed by atoms with Crippen LogP contribution in [-0.4, -0.2) is 56.2 Å². The summed E-state index contributed by atoms with van der Waals surface area (Å²) in [5.41, 5.74) is 2.99. The normalized spacial score (nSPS) is 19.4. The molecule has 0 spiro atoms. The molecule has 8 heteroatoms. The number of nitrogens with one attached hydrogen (secondary N) is 2. The van der Waals surface area contributed by atoms with Crippen LogP contribution in [0.15, 0.2) is 65.9 Å². The zero-order valence-corrected chi connectivity index (χ0v) is 18.8. The van der Waals surface area contributed by atoms with Gasteiger partial charge in [0.25, 0.3) is 0 Å². The minimum Gasteiger partial charge on any atom is -0.463 e. The van der Waals surface area contributed by atoms with Gasteiger partial charge in [0.15, 0.2) is 0 Å². The van der Waals surface area contributed by atoms with E-state index in [-0.39, 0.29) is 12.6 Å². The van der Waals surface area contributed by atoms with Crippen LogP contribution in [0.2, 0.25) is 5.02 Å². The molecule has 0 saturated carbocycles. The summed E-state index contributed by atoms with van der Waals surface area (Å²) in [6.45, 7) is 5.77. The van der Waals surface area contributed by atoms with Crippen molar-refractivity contribution >= 4 is 29.3 Å². The maximum atomic E-state index is 12.9. The van der Waals surface area contributed by atoms with E-state index in [0.717, 1.165) is 42.5 Å². The van der Waals surface area contributed by atoms with Gasteiger partial charge in [-0.15, -0.1) is 0 Å². The molecule has 2 N–H and O–H groups in total. The second kappa shape index (κ2) is 10.1. The van der Waals surface area contributed by atoms with Crippen molar-refractivity contribution in [3.05, 3.63) is 76.5 Å². The summed E-state index contributed by atoms with van der Waals surface area (Å²) in [7, 11) is 0. The predicted octanol–water partition coefficient (Wildman–Crippen LogP) is 3.33. The summed E-state index contributed by atoms with van der Waals surface area (Å²) in [5.74, 6) is -0.415. The third-order valence-corrected chi connectivity index (χ3v) is 5.94. The molecule has 2 amide bonds. The minimum absolute atomic E-state index is 0.267. The lowest BCUT2D eigenvalue weighted by Gasteiger charge is -2.38. The van der Waals surface area contributed by atoms with E-state index in [4.69, 9.17) is 16.3 Å². The number of esters is 1. The summed E-state index contributed by atoms with van der Waals surface area (Å²) < 4.78 is 5.35. The molecule has 2 aromatic rings. The first-order valence-corrected chi connectivity index (χ1v) is 11.2. The molecule has 0 aliphatic carbocycles. The number of amides is 2. The molecule has 7 nitrogen and oxygen atoms in total. The van der Waals surface area contributed by atoms with Crippen molar-refractivity contribution in [2.24, 2.45) is 0 Å². The number of ether oxygens (including phenoxy) is 1. The van der Waals surface area contributed by atoms with Crippen LogP contribution in [-0.2, 0) is 9.53 Å². The molecule has 4 rings (SSSR count). The monoisotopic (exact) mass is 454 g/mol. The van der Waals surface area contributed by atoms with E-state index in [1.807, 2.05) is 48.5 Å². The molecule has 32 heavy (non-hydrogen) atoms. The zero-order chi connectivity index (χ0) is 22.5. The molecule has 1 saturated heterocycles. The Morgan fingerprint density at radius 1 is 1.09 bits per heavy atom. The molecule has 1 fully saturated rings. The standard InChI is InChI=1S/C24H27ClN4O3/c1-2-32-23(30)21-20(26-24(31)27-22(21)17-7-4-3-5-8-17)16-28-11-13-29(14-12-28)19-10-6-9-18(25)15-19/h3-10,15,22H,2,11-14,16H2,1H3,(H2,26,27,31). The largest absolute Gasteiger partial charge is 0.463 e. The van der Waals surface area contributed by atoms with Gasteiger partial charge in [0, 0.05) is 49.1 Å². The van der Waals surface area contributed by atoms with Gasteiger partial charge in [-0.1, -0.05) is 48.0 Å². The molecular weight excluding hydrogens is 428 g/mol. The van der Waals surface area contributed by atoms with Crippen LogP contribution in [0.3, 0.4) is 0 Å². The maximum Gasteiger partial charge on any atom is 0.338 e. The van der Waals surface area contributed by atoms with E-state index >= 15 is 0 Å². The van der Waals surface area contributed by atoms with E-state index in [1.54, 1.807) is 6.92 Å². The Bertz CT molecular complexity index is 1000. The lowest BCUT2D eigenvalue weighted by molar-refractivity contribution is -0.139. The Morgan fingerprint density at radius 2 is 1.84 bits per heavy atom. The Balaban J connectivity index is 1.54. The number of hydrogen-bond donors (Lipinski definition) is 2. The van der Waals surface area contributed by atoms with Crippen LogP contribution in [0, 0.1) is 0 Å². The topological polar surface area (TPSA) is 73.9 Å². The lowest BCUT2D eigenvalue weighted by Crippen LogP contribution is -2.51. The molecule has 2 aliphatic rings. The first-order valence-electron chi connectivity index (χ1n) is 10.8. The van der Waals surface area contributed by atoms with Crippen molar-refractivity contribution in [3.8, 4) is 0 Å². The fraction of sp³-hybridized carbons (Fsp3) is 0.333. The van der Waals surface area contributed by atoms with Crippen LogP contribution < -0.4 is 15.5 Å². The van der Waals surface area contributed by atoms with Gasteiger partial charge in [0.2, 0.25) is 0 Å². The Hall–Kier alpha value is -3.03. The minimum atomic E-state index is -0.549. The molecule has 168 valence electrons. The second-order valence-corrected chi connectivity index (χ2v) is 8.23. The number of benzene rings is 2. The van der Waals surface area contributed by atoms with E-state index in [9.17, 15) is 9.59 Å². The highest BCUT2D eigenvalue weighted by atomic mass is 35.5. The summed E-state index contributed by atoms with van der Waals surface area (Å²) in [6.07, 6.45) is 0. The fourth-order valence-corrected chi connectivity index (χ4v) is 4.33. The van der Waals surface area contributed by atoms with Gasteiger partial charge in [-0.05, 0) is 30.7 Å². The average Bonchev–Trinajstić information content (AvgIpc) is 2.80. The Morgan fingerprint density at radius 3 is 2.53 bits per heavy atom. The summed E-state index contributed by atoms with van der Waals surface area (Å²) in [6, 6.07) is 16.5. The smallest absolute Gasteiger partial charge is 0.338 e. The van der Waals surface area contributed by atoms with Crippen LogP contribution in [0.25, 0.3) is 0 Å². The number of rotatable bonds is 6. The highest BCUT2D eigenvalue weighted by Gasteiger charge is 2.34. The van der Waals surface area contributed by atoms with E-state index < -0.39 is 12.0 Å². The number of piperazine rings is 1. The molecular formula is C24H27ClN4O3. The Labute approximate surface area is 193 Å². The molecule has 2 aromatic carbocycles. The summed E-state index contributed by atoms with van der Waals surface area (Å²) >= 11 is 6.14. The average molecular weight is 455 g/mol. The fourth-order valence-electron chi connectivity index (χ4n) is 4.15. The number of hydrogen-bond acceptors (Lipinski definition) is 5. The van der Waals surface area contributed by atoms with Crippen molar-refractivity contribution in [2.45, 2.75) is 13.0 Å². The SMILES string of the molecule is CCOC(=O)C1=C(CN2CCN(c3cccc(Cl)c3)CC2)NC(=O)NC1c1ccccc1. The van der Waals surface area contributed by atoms with Gasteiger partial charge in [-0.3, -0.25) is 4.90 Å². The first kappa shape index (κ1) is 22.2. The lowest BCUT2D eigenvalue weighted by atomic mass is 9.95. The number of nitrogens with zero attached hydrogens (tertiary/aromatic N) is 2. The third-order valence-electron chi connectivity index (χ3n) is 5.71. The summed E-state index contributed by atoms with van der Waals surface area (Å²) in [5, 5.41) is 6.46. The van der Waals surface area contributed by atoms with Crippen LogP contribution in [0.1, 0.15) is 18.5 Å². The third kappa shape index (κ3) is 5.06. The van der Waals surface area contributed by atoms with Gasteiger partial charge in [0.05, 0.1) is 18.2 Å². The van der Waals surface area contributed by atoms with Gasteiger partial charge in [-0.2, -0.15) is 0 Å². The number of carbonyl (C=O) groups excluding carboxylic acids is 2. The highest BCUT2D eigenvalue weighted by Crippen LogP contribution is 2.28. The van der Waals surface area contributed by atoms with Crippen molar-refractivity contribution in [1.29, 1.82) is 0 Å². The zero-order valence-electron chi connectivity index (χ0n) is 18.0. The predicted molar refractivity (Wildman–Crippen MR) is 125 cm³/mol. The molecule has 0 bridgehead atoms.